The van der Waals surface area contributed by atoms with Gasteiger partial charge in [0.25, 0.3) is 5.91 Å². The lowest BCUT2D eigenvalue weighted by Crippen LogP contribution is -2.49. The zero-order chi connectivity index (χ0) is 12.1. The van der Waals surface area contributed by atoms with E-state index in [1.807, 2.05) is 4.90 Å². The highest BCUT2D eigenvalue weighted by Gasteiger charge is 2.31. The van der Waals surface area contributed by atoms with Gasteiger partial charge in [-0.15, -0.1) is 0 Å². The third-order valence-electron chi connectivity index (χ3n) is 3.89. The number of carbonyl (C=O) groups excluding carboxylic acids is 1. The van der Waals surface area contributed by atoms with Crippen LogP contribution in [-0.4, -0.2) is 42.6 Å². The Morgan fingerprint density at radius 2 is 2.00 bits per heavy atom. The average molecular weight is 240 g/mol. The molecule has 0 saturated carbocycles. The standard InChI is InChI=1S/C13H24N2O2/c14-10-11-6-2-1-4-8-15(11)13(16)12-7-3-5-9-17-12/h11-12H,1-10,14H2. The van der Waals surface area contributed by atoms with Crippen LogP contribution >= 0.6 is 0 Å². The molecule has 2 aliphatic rings. The minimum atomic E-state index is -0.198. The number of ether oxygens (including phenoxy) is 1. The first kappa shape index (κ1) is 12.8. The van der Waals surface area contributed by atoms with E-state index in [4.69, 9.17) is 10.5 Å². The Morgan fingerprint density at radius 3 is 2.71 bits per heavy atom. The number of likely N-dealkylation sites (tertiary alicyclic amines) is 1. The van der Waals surface area contributed by atoms with Crippen LogP contribution in [0, 0.1) is 0 Å². The van der Waals surface area contributed by atoms with Crippen molar-refractivity contribution in [1.29, 1.82) is 0 Å². The molecule has 4 nitrogen and oxygen atoms in total. The summed E-state index contributed by atoms with van der Waals surface area (Å²) in [4.78, 5) is 14.4. The SMILES string of the molecule is NCC1CCCCCN1C(=O)C1CCCCO1. The smallest absolute Gasteiger partial charge is 0.251 e. The molecule has 2 heterocycles. The third-order valence-corrected chi connectivity index (χ3v) is 3.89. The largest absolute Gasteiger partial charge is 0.368 e. The van der Waals surface area contributed by atoms with Crippen molar-refractivity contribution >= 4 is 5.91 Å². The summed E-state index contributed by atoms with van der Waals surface area (Å²) < 4.78 is 5.59. The van der Waals surface area contributed by atoms with Gasteiger partial charge in [0, 0.05) is 25.7 Å². The van der Waals surface area contributed by atoms with Crippen LogP contribution in [0.25, 0.3) is 0 Å². The number of hydrogen-bond acceptors (Lipinski definition) is 3. The van der Waals surface area contributed by atoms with Crippen molar-refractivity contribution in [2.75, 3.05) is 19.7 Å². The van der Waals surface area contributed by atoms with Crippen molar-refractivity contribution < 1.29 is 9.53 Å². The molecular weight excluding hydrogens is 216 g/mol. The van der Waals surface area contributed by atoms with Gasteiger partial charge in [0.1, 0.15) is 6.10 Å². The first-order valence-electron chi connectivity index (χ1n) is 6.95. The molecule has 2 aliphatic heterocycles. The van der Waals surface area contributed by atoms with Crippen molar-refractivity contribution in [3.63, 3.8) is 0 Å². The second-order valence-corrected chi connectivity index (χ2v) is 5.13. The molecule has 4 heteroatoms. The minimum absolute atomic E-state index is 0.182. The number of nitrogens with two attached hydrogens (primary N) is 1. The summed E-state index contributed by atoms with van der Waals surface area (Å²) in [5, 5.41) is 0. The van der Waals surface area contributed by atoms with Crippen LogP contribution in [0.1, 0.15) is 44.9 Å². The molecule has 0 aromatic heterocycles. The second kappa shape index (κ2) is 6.36. The zero-order valence-corrected chi connectivity index (χ0v) is 10.6. The van der Waals surface area contributed by atoms with Crippen molar-refractivity contribution in [3.05, 3.63) is 0 Å². The monoisotopic (exact) mass is 240 g/mol. The first-order chi connectivity index (χ1) is 8.33. The quantitative estimate of drug-likeness (QED) is 0.791. The highest BCUT2D eigenvalue weighted by Crippen LogP contribution is 2.21. The van der Waals surface area contributed by atoms with Gasteiger partial charge in [-0.1, -0.05) is 12.8 Å². The van der Waals surface area contributed by atoms with Gasteiger partial charge >= 0.3 is 0 Å². The number of amides is 1. The summed E-state index contributed by atoms with van der Waals surface area (Å²) in [6, 6.07) is 0.232. The molecule has 0 aromatic carbocycles. The van der Waals surface area contributed by atoms with E-state index in [2.05, 4.69) is 0 Å². The van der Waals surface area contributed by atoms with E-state index in [1.165, 1.54) is 12.8 Å². The number of carbonyl (C=O) groups is 1. The number of nitrogens with zero attached hydrogens (tertiary/aromatic N) is 1. The van der Waals surface area contributed by atoms with Crippen molar-refractivity contribution in [3.8, 4) is 0 Å². The molecule has 0 radical (unpaired) electrons. The Labute approximate surface area is 103 Å². The molecule has 1 amide bonds. The summed E-state index contributed by atoms with van der Waals surface area (Å²) in [6.07, 6.45) is 7.44. The van der Waals surface area contributed by atoms with E-state index in [9.17, 15) is 4.79 Å². The summed E-state index contributed by atoms with van der Waals surface area (Å²) >= 11 is 0. The molecule has 0 spiro atoms. The lowest BCUT2D eigenvalue weighted by molar-refractivity contribution is -0.148. The Balaban J connectivity index is 1.98. The van der Waals surface area contributed by atoms with Crippen LogP contribution < -0.4 is 5.73 Å². The van der Waals surface area contributed by atoms with Gasteiger partial charge < -0.3 is 15.4 Å². The first-order valence-corrected chi connectivity index (χ1v) is 6.95. The van der Waals surface area contributed by atoms with Gasteiger partial charge in [0.2, 0.25) is 0 Å². The lowest BCUT2D eigenvalue weighted by atomic mass is 10.1. The molecule has 98 valence electrons. The van der Waals surface area contributed by atoms with Crippen LogP contribution in [0.2, 0.25) is 0 Å². The lowest BCUT2D eigenvalue weighted by Gasteiger charge is -2.33. The molecule has 0 bridgehead atoms. The van der Waals surface area contributed by atoms with Gasteiger partial charge in [0.15, 0.2) is 0 Å². The molecule has 2 unspecified atom stereocenters. The van der Waals surface area contributed by atoms with E-state index < -0.39 is 0 Å². The molecule has 2 atom stereocenters. The van der Waals surface area contributed by atoms with Crippen molar-refractivity contribution in [1.82, 2.24) is 4.90 Å². The molecule has 2 fully saturated rings. The minimum Gasteiger partial charge on any atom is -0.368 e. The highest BCUT2D eigenvalue weighted by atomic mass is 16.5. The van der Waals surface area contributed by atoms with E-state index in [0.717, 1.165) is 45.3 Å². The fourth-order valence-corrected chi connectivity index (χ4v) is 2.83. The maximum Gasteiger partial charge on any atom is 0.251 e. The topological polar surface area (TPSA) is 55.6 Å². The fraction of sp³-hybridized carbons (Fsp3) is 0.923. The molecule has 2 N–H and O–H groups in total. The van der Waals surface area contributed by atoms with E-state index in [-0.39, 0.29) is 18.1 Å². The molecule has 0 aromatic rings. The molecule has 17 heavy (non-hydrogen) atoms. The second-order valence-electron chi connectivity index (χ2n) is 5.13. The van der Waals surface area contributed by atoms with Gasteiger partial charge in [0.05, 0.1) is 0 Å². The maximum absolute atomic E-state index is 12.4. The van der Waals surface area contributed by atoms with Gasteiger partial charge in [-0.3, -0.25) is 4.79 Å². The summed E-state index contributed by atoms with van der Waals surface area (Å²) in [6.45, 7) is 2.18. The zero-order valence-electron chi connectivity index (χ0n) is 10.6. The summed E-state index contributed by atoms with van der Waals surface area (Å²) in [5.41, 5.74) is 5.80. The molecule has 2 saturated heterocycles. The summed E-state index contributed by atoms with van der Waals surface area (Å²) in [7, 11) is 0. The Bertz CT molecular complexity index is 252. The number of rotatable bonds is 2. The maximum atomic E-state index is 12.4. The Morgan fingerprint density at radius 1 is 1.18 bits per heavy atom. The molecular formula is C13H24N2O2. The van der Waals surface area contributed by atoms with E-state index >= 15 is 0 Å². The predicted molar refractivity (Wildman–Crippen MR) is 66.6 cm³/mol. The number of hydrogen-bond donors (Lipinski definition) is 1. The Hall–Kier alpha value is -0.610. The predicted octanol–water partition coefficient (Wildman–Crippen LogP) is 1.29. The van der Waals surface area contributed by atoms with Crippen molar-refractivity contribution in [2.24, 2.45) is 5.73 Å². The third kappa shape index (κ3) is 3.19. The average Bonchev–Trinajstić information content (AvgIpc) is 2.64. The van der Waals surface area contributed by atoms with Gasteiger partial charge in [-0.2, -0.15) is 0 Å². The van der Waals surface area contributed by atoms with E-state index in [1.54, 1.807) is 0 Å². The van der Waals surface area contributed by atoms with Crippen LogP contribution in [0.4, 0.5) is 0 Å². The molecule has 2 rings (SSSR count). The Kier molecular flexibility index (Phi) is 4.80. The molecule has 0 aliphatic carbocycles. The van der Waals surface area contributed by atoms with Crippen LogP contribution in [0.5, 0.6) is 0 Å². The summed E-state index contributed by atoms with van der Waals surface area (Å²) in [5.74, 6) is 0.182. The van der Waals surface area contributed by atoms with Gasteiger partial charge in [-0.25, -0.2) is 0 Å². The van der Waals surface area contributed by atoms with Crippen LogP contribution in [0.3, 0.4) is 0 Å². The van der Waals surface area contributed by atoms with Crippen LogP contribution in [-0.2, 0) is 9.53 Å². The van der Waals surface area contributed by atoms with Crippen LogP contribution in [0.15, 0.2) is 0 Å². The fourth-order valence-electron chi connectivity index (χ4n) is 2.83. The highest BCUT2D eigenvalue weighted by molar-refractivity contribution is 5.81. The normalized spacial score (nSPS) is 31.0. The van der Waals surface area contributed by atoms with Gasteiger partial charge in [-0.05, 0) is 32.1 Å². The van der Waals surface area contributed by atoms with Crippen molar-refractivity contribution in [2.45, 2.75) is 57.1 Å². The van der Waals surface area contributed by atoms with E-state index in [0.29, 0.717) is 6.54 Å².